The highest BCUT2D eigenvalue weighted by molar-refractivity contribution is 7.86. The Morgan fingerprint density at radius 3 is 2.17 bits per heavy atom. The molecular weight excluding hydrogens is 601 g/mol. The van der Waals surface area contributed by atoms with E-state index in [1.807, 2.05) is 31.2 Å². The molecule has 0 amide bonds. The summed E-state index contributed by atoms with van der Waals surface area (Å²) >= 11 is 1.28. The van der Waals surface area contributed by atoms with Crippen LogP contribution in [-0.2, 0) is 26.8 Å². The SMILES string of the molecule is CCCC[n+]1c(-c2ccc(S(=O)(=O)O)cc2)cc(-c2ccc(OC)cc2)c(S(=O)(=O)[O-])c1-c1nc2ccccc2s1.O. The lowest BCUT2D eigenvalue weighted by molar-refractivity contribution is -0.677. The van der Waals surface area contributed by atoms with Crippen LogP contribution in [0.3, 0.4) is 0 Å². The number of unbranched alkanes of at least 4 members (excludes halogenated alkanes) is 1. The first-order valence-corrected chi connectivity index (χ1v) is 16.3. The normalized spacial score (nSPS) is 11.8. The van der Waals surface area contributed by atoms with Crippen LogP contribution in [0.5, 0.6) is 5.75 Å². The van der Waals surface area contributed by atoms with Crippen LogP contribution in [0, 0.1) is 0 Å². The van der Waals surface area contributed by atoms with Gasteiger partial charge in [0.05, 0.1) is 22.2 Å². The highest BCUT2D eigenvalue weighted by Gasteiger charge is 2.33. The van der Waals surface area contributed by atoms with E-state index >= 15 is 0 Å². The third-order valence-electron chi connectivity index (χ3n) is 6.63. The Morgan fingerprint density at radius 1 is 0.952 bits per heavy atom. The van der Waals surface area contributed by atoms with Crippen LogP contribution in [0.4, 0.5) is 0 Å². The van der Waals surface area contributed by atoms with Gasteiger partial charge in [-0.1, -0.05) is 37.6 Å². The second-order valence-corrected chi connectivity index (χ2v) is 13.1. The van der Waals surface area contributed by atoms with E-state index in [9.17, 15) is 25.9 Å². The van der Waals surface area contributed by atoms with E-state index in [1.54, 1.807) is 34.9 Å². The largest absolute Gasteiger partial charge is 0.744 e. The molecule has 0 spiro atoms. The second-order valence-electron chi connectivity index (χ2n) is 9.29. The van der Waals surface area contributed by atoms with E-state index in [0.717, 1.165) is 11.1 Å². The van der Waals surface area contributed by atoms with Gasteiger partial charge in [-0.25, -0.2) is 13.4 Å². The van der Waals surface area contributed by atoms with Crippen molar-refractivity contribution in [2.24, 2.45) is 0 Å². The van der Waals surface area contributed by atoms with Crippen molar-refractivity contribution in [1.82, 2.24) is 4.98 Å². The summed E-state index contributed by atoms with van der Waals surface area (Å²) in [5.41, 5.74) is 2.59. The van der Waals surface area contributed by atoms with Crippen LogP contribution >= 0.6 is 11.3 Å². The summed E-state index contributed by atoms with van der Waals surface area (Å²) in [4.78, 5) is 4.06. The molecule has 10 nitrogen and oxygen atoms in total. The molecule has 5 rings (SSSR count). The Hall–Kier alpha value is -3.72. The molecule has 0 bridgehead atoms. The number of hydrogen-bond donors (Lipinski definition) is 1. The van der Waals surface area contributed by atoms with Gasteiger partial charge in [0.1, 0.15) is 27.3 Å². The van der Waals surface area contributed by atoms with Crippen molar-refractivity contribution in [3.8, 4) is 38.8 Å². The fourth-order valence-corrected chi connectivity index (χ4v) is 7.12. The Balaban J connectivity index is 0.00000405. The summed E-state index contributed by atoms with van der Waals surface area (Å²) in [6, 6.07) is 21.3. The number of para-hydroxylation sites is 1. The minimum atomic E-state index is -5.03. The number of ether oxygens (including phenoxy) is 1. The highest BCUT2D eigenvalue weighted by atomic mass is 32.2. The van der Waals surface area contributed by atoms with Gasteiger partial charge in [0.25, 0.3) is 15.8 Å². The Bertz CT molecular complexity index is 1920. The van der Waals surface area contributed by atoms with Crippen molar-refractivity contribution in [3.63, 3.8) is 0 Å². The summed E-state index contributed by atoms with van der Waals surface area (Å²) < 4.78 is 80.0. The lowest BCUT2D eigenvalue weighted by atomic mass is 10.0. The first kappa shape index (κ1) is 31.2. The summed E-state index contributed by atoms with van der Waals surface area (Å²) in [5.74, 6) is 0.557. The number of hydrogen-bond acceptors (Lipinski definition) is 8. The Kier molecular flexibility index (Phi) is 9.11. The van der Waals surface area contributed by atoms with Crippen molar-refractivity contribution in [1.29, 1.82) is 0 Å². The smallest absolute Gasteiger partial charge is 0.294 e. The fraction of sp³-hybridized carbons (Fsp3) is 0.172. The molecule has 0 radical (unpaired) electrons. The minimum Gasteiger partial charge on any atom is -0.744 e. The average Bonchev–Trinajstić information content (AvgIpc) is 3.38. The van der Waals surface area contributed by atoms with Crippen LogP contribution in [0.15, 0.2) is 88.7 Å². The third kappa shape index (κ3) is 6.21. The fourth-order valence-electron chi connectivity index (χ4n) is 4.66. The molecule has 2 aromatic heterocycles. The topological polar surface area (TPSA) is 169 Å². The number of nitrogens with zero attached hydrogens (tertiary/aromatic N) is 2. The van der Waals surface area contributed by atoms with E-state index < -0.39 is 25.1 Å². The molecule has 0 fully saturated rings. The molecule has 13 heteroatoms. The van der Waals surface area contributed by atoms with Gasteiger partial charge in [-0.05, 0) is 54.1 Å². The number of thiazole rings is 1. The first-order chi connectivity index (χ1) is 19.5. The standard InChI is InChI=1S/C29H26N2O7S3.H2O/c1-3-4-17-31-25(20-11-15-22(16-12-20)40(32,33)34)18-23(19-9-13-21(38-2)14-10-19)28(41(35,36)37)27(31)29-30-24-7-5-6-8-26(24)39-29;/h5-16,18H,3-4,17H2,1-2H3,(H-,32,33,34,35,36,37);1H2. The van der Waals surface area contributed by atoms with Crippen LogP contribution < -0.4 is 9.30 Å². The molecular formula is C29H28N2O8S3. The van der Waals surface area contributed by atoms with Crippen molar-refractivity contribution in [2.45, 2.75) is 36.1 Å². The van der Waals surface area contributed by atoms with Crippen molar-refractivity contribution >= 4 is 41.8 Å². The van der Waals surface area contributed by atoms with E-state index in [-0.39, 0.29) is 21.6 Å². The van der Waals surface area contributed by atoms with Crippen LogP contribution in [-0.4, -0.2) is 43.5 Å². The summed E-state index contributed by atoms with van der Waals surface area (Å²) in [6.07, 6.45) is 1.45. The quantitative estimate of drug-likeness (QED) is 0.181. The zero-order valence-corrected chi connectivity index (χ0v) is 25.1. The molecule has 3 N–H and O–H groups in total. The molecule has 5 aromatic rings. The van der Waals surface area contributed by atoms with Crippen LogP contribution in [0.2, 0.25) is 0 Å². The van der Waals surface area contributed by atoms with E-state index in [4.69, 9.17) is 9.72 Å². The number of rotatable bonds is 9. The highest BCUT2D eigenvalue weighted by Crippen LogP contribution is 2.40. The molecule has 42 heavy (non-hydrogen) atoms. The monoisotopic (exact) mass is 628 g/mol. The molecule has 0 saturated carbocycles. The maximum atomic E-state index is 13.1. The van der Waals surface area contributed by atoms with E-state index in [2.05, 4.69) is 0 Å². The summed E-state index contributed by atoms with van der Waals surface area (Å²) in [5, 5.41) is 0.364. The zero-order chi connectivity index (χ0) is 29.4. The van der Waals surface area contributed by atoms with Crippen molar-refractivity contribution in [3.05, 3.63) is 78.9 Å². The predicted octanol–water partition coefficient (Wildman–Crippen LogP) is 4.72. The van der Waals surface area contributed by atoms with Gasteiger partial charge in [0.2, 0.25) is 5.69 Å². The number of aromatic nitrogens is 2. The lowest BCUT2D eigenvalue weighted by Gasteiger charge is -2.19. The van der Waals surface area contributed by atoms with Crippen molar-refractivity contribution < 1.29 is 40.7 Å². The number of fused-ring (bicyclic) bond motifs is 1. The zero-order valence-electron chi connectivity index (χ0n) is 22.6. The van der Waals surface area contributed by atoms with Gasteiger partial charge >= 0.3 is 0 Å². The van der Waals surface area contributed by atoms with Gasteiger partial charge in [0, 0.05) is 23.6 Å². The van der Waals surface area contributed by atoms with Gasteiger partial charge in [-0.3, -0.25) is 4.55 Å². The molecule has 220 valence electrons. The lowest BCUT2D eigenvalue weighted by Crippen LogP contribution is -2.40. The molecule has 3 aromatic carbocycles. The van der Waals surface area contributed by atoms with Gasteiger partial charge in [0.15, 0.2) is 5.01 Å². The van der Waals surface area contributed by atoms with E-state index in [1.165, 1.54) is 42.7 Å². The molecule has 0 unspecified atom stereocenters. The number of pyridine rings is 1. The first-order valence-electron chi connectivity index (χ1n) is 12.7. The maximum absolute atomic E-state index is 13.1. The molecule has 2 heterocycles. The van der Waals surface area contributed by atoms with Crippen LogP contribution in [0.25, 0.3) is 43.3 Å². The Labute approximate surface area is 247 Å². The molecule has 0 aliphatic carbocycles. The predicted molar refractivity (Wildman–Crippen MR) is 159 cm³/mol. The third-order valence-corrected chi connectivity index (χ3v) is 9.46. The van der Waals surface area contributed by atoms with Gasteiger partial charge in [-0.2, -0.15) is 13.0 Å². The molecule has 0 atom stereocenters. The van der Waals surface area contributed by atoms with Gasteiger partial charge in [-0.15, -0.1) is 11.3 Å². The Morgan fingerprint density at radius 2 is 1.60 bits per heavy atom. The number of methoxy groups -OCH3 is 1. The summed E-state index contributed by atoms with van der Waals surface area (Å²) in [7, 11) is -7.94. The maximum Gasteiger partial charge on any atom is 0.294 e. The van der Waals surface area contributed by atoms with E-state index in [0.29, 0.717) is 46.1 Å². The summed E-state index contributed by atoms with van der Waals surface area (Å²) in [6.45, 7) is 2.36. The van der Waals surface area contributed by atoms with Crippen molar-refractivity contribution in [2.75, 3.05) is 7.11 Å². The average molecular weight is 629 g/mol. The second kappa shape index (κ2) is 12.3. The number of benzene rings is 3. The molecule has 0 saturated heterocycles. The molecule has 0 aliphatic heterocycles. The minimum absolute atomic E-state index is 0. The van der Waals surface area contributed by atoms with Gasteiger partial charge < -0.3 is 14.8 Å². The van der Waals surface area contributed by atoms with Crippen LogP contribution in [0.1, 0.15) is 19.8 Å². The molecule has 0 aliphatic rings.